The summed E-state index contributed by atoms with van der Waals surface area (Å²) in [7, 11) is 0. The van der Waals surface area contributed by atoms with Crippen molar-refractivity contribution in [2.45, 2.75) is 13.0 Å². The molecule has 114 valence electrons. The molecule has 0 unspecified atom stereocenters. The van der Waals surface area contributed by atoms with E-state index in [1.165, 1.54) is 19.1 Å². The molecule has 1 N–H and O–H groups in total. The molecule has 0 saturated heterocycles. The highest BCUT2D eigenvalue weighted by Gasteiger charge is 2.19. The molecule has 2 rings (SSSR count). The Labute approximate surface area is 131 Å². The second-order valence-corrected chi connectivity index (χ2v) is 4.93. The van der Waals surface area contributed by atoms with Crippen LogP contribution in [0.2, 0.25) is 5.02 Å². The third-order valence-corrected chi connectivity index (χ3v) is 3.16. The number of halogens is 2. The number of carbonyl (C=O) groups is 2. The summed E-state index contributed by atoms with van der Waals surface area (Å²) in [5.41, 5.74) is 0.595. The van der Waals surface area contributed by atoms with Gasteiger partial charge in [-0.15, -0.1) is 0 Å². The first-order valence-electron chi connectivity index (χ1n) is 6.49. The lowest BCUT2D eigenvalue weighted by Crippen LogP contribution is -2.30. The number of benzene rings is 2. The second-order valence-electron chi connectivity index (χ2n) is 4.53. The molecule has 22 heavy (non-hydrogen) atoms. The molecule has 0 bridgehead atoms. The van der Waals surface area contributed by atoms with Gasteiger partial charge in [-0.1, -0.05) is 29.8 Å². The number of carbonyl (C=O) groups excluding carboxylic acids is 2. The van der Waals surface area contributed by atoms with Crippen molar-refractivity contribution in [3.05, 3.63) is 64.9 Å². The number of ether oxygens (including phenoxy) is 1. The molecule has 0 heterocycles. The monoisotopic (exact) mass is 321 g/mol. The van der Waals surface area contributed by atoms with Crippen LogP contribution in [0.5, 0.6) is 0 Å². The molecule has 0 radical (unpaired) electrons. The van der Waals surface area contributed by atoms with Crippen LogP contribution in [-0.2, 0) is 9.53 Å². The van der Waals surface area contributed by atoms with Gasteiger partial charge < -0.3 is 10.1 Å². The summed E-state index contributed by atoms with van der Waals surface area (Å²) in [4.78, 5) is 23.8. The van der Waals surface area contributed by atoms with E-state index in [1.807, 2.05) is 0 Å². The van der Waals surface area contributed by atoms with E-state index in [-0.39, 0.29) is 10.7 Å². The minimum atomic E-state index is -1.02. The summed E-state index contributed by atoms with van der Waals surface area (Å²) >= 11 is 5.82. The Morgan fingerprint density at radius 3 is 2.50 bits per heavy atom. The van der Waals surface area contributed by atoms with Crippen LogP contribution in [-0.4, -0.2) is 18.0 Å². The maximum absolute atomic E-state index is 12.9. The summed E-state index contributed by atoms with van der Waals surface area (Å²) in [6, 6.07) is 11.9. The standard InChI is InChI=1S/C16H13ClFNO3/c1-10(22-16(21)11-5-3-2-4-6-11)15(20)19-14-8-7-12(18)9-13(14)17/h2-10H,1H3,(H,19,20)/t10-/m0/s1. The van der Waals surface area contributed by atoms with Crippen LogP contribution < -0.4 is 5.32 Å². The quantitative estimate of drug-likeness (QED) is 0.874. The van der Waals surface area contributed by atoms with Crippen LogP contribution in [0.25, 0.3) is 0 Å². The third-order valence-electron chi connectivity index (χ3n) is 2.85. The first-order chi connectivity index (χ1) is 10.5. The van der Waals surface area contributed by atoms with Gasteiger partial charge in [0.05, 0.1) is 16.3 Å². The number of amides is 1. The molecule has 4 nitrogen and oxygen atoms in total. The van der Waals surface area contributed by atoms with Gasteiger partial charge in [0.1, 0.15) is 5.82 Å². The zero-order valence-corrected chi connectivity index (χ0v) is 12.4. The maximum atomic E-state index is 12.9. The zero-order valence-electron chi connectivity index (χ0n) is 11.7. The Morgan fingerprint density at radius 1 is 1.18 bits per heavy atom. The molecule has 0 aliphatic rings. The van der Waals surface area contributed by atoms with Gasteiger partial charge in [0, 0.05) is 0 Å². The van der Waals surface area contributed by atoms with Gasteiger partial charge >= 0.3 is 5.97 Å². The van der Waals surface area contributed by atoms with Crippen molar-refractivity contribution in [3.8, 4) is 0 Å². The maximum Gasteiger partial charge on any atom is 0.338 e. The number of hydrogen-bond donors (Lipinski definition) is 1. The second kappa shape index (κ2) is 7.04. The van der Waals surface area contributed by atoms with Gasteiger partial charge in [-0.05, 0) is 37.3 Å². The molecule has 0 aromatic heterocycles. The Balaban J connectivity index is 1.99. The fourth-order valence-electron chi connectivity index (χ4n) is 1.68. The van der Waals surface area contributed by atoms with E-state index < -0.39 is 23.8 Å². The topological polar surface area (TPSA) is 55.4 Å². The van der Waals surface area contributed by atoms with Gasteiger partial charge in [-0.25, -0.2) is 9.18 Å². The van der Waals surface area contributed by atoms with Gasteiger partial charge in [0.25, 0.3) is 5.91 Å². The highest BCUT2D eigenvalue weighted by molar-refractivity contribution is 6.33. The summed E-state index contributed by atoms with van der Waals surface area (Å²) < 4.78 is 18.0. The van der Waals surface area contributed by atoms with E-state index in [0.29, 0.717) is 5.56 Å². The Hall–Kier alpha value is -2.40. The molecule has 2 aromatic rings. The predicted molar refractivity (Wildman–Crippen MR) is 81.4 cm³/mol. The first-order valence-corrected chi connectivity index (χ1v) is 6.87. The van der Waals surface area contributed by atoms with Crippen LogP contribution in [0.3, 0.4) is 0 Å². The van der Waals surface area contributed by atoms with Crippen LogP contribution in [0.15, 0.2) is 48.5 Å². The molecule has 0 aliphatic heterocycles. The Kier molecular flexibility index (Phi) is 5.12. The fraction of sp³-hybridized carbons (Fsp3) is 0.125. The minimum absolute atomic E-state index is 0.0648. The largest absolute Gasteiger partial charge is 0.449 e. The van der Waals surface area contributed by atoms with E-state index in [0.717, 1.165) is 6.07 Å². The third kappa shape index (κ3) is 4.05. The van der Waals surface area contributed by atoms with E-state index in [2.05, 4.69) is 5.32 Å². The molecule has 0 spiro atoms. The lowest BCUT2D eigenvalue weighted by atomic mass is 10.2. The SMILES string of the molecule is C[C@H](OC(=O)c1ccccc1)C(=O)Nc1ccc(F)cc1Cl. The van der Waals surface area contributed by atoms with Crippen LogP contribution in [0, 0.1) is 5.82 Å². The lowest BCUT2D eigenvalue weighted by molar-refractivity contribution is -0.123. The molecule has 0 aliphatic carbocycles. The summed E-state index contributed by atoms with van der Waals surface area (Å²) in [6.07, 6.45) is -1.02. The van der Waals surface area contributed by atoms with Crippen molar-refractivity contribution >= 4 is 29.2 Å². The average Bonchev–Trinajstić information content (AvgIpc) is 2.50. The Morgan fingerprint density at radius 2 is 1.86 bits per heavy atom. The van der Waals surface area contributed by atoms with Crippen LogP contribution in [0.1, 0.15) is 17.3 Å². The van der Waals surface area contributed by atoms with Crippen molar-refractivity contribution < 1.29 is 18.7 Å². The number of esters is 1. The van der Waals surface area contributed by atoms with Gasteiger partial charge in [0.2, 0.25) is 0 Å². The zero-order chi connectivity index (χ0) is 16.1. The average molecular weight is 322 g/mol. The van der Waals surface area contributed by atoms with E-state index in [9.17, 15) is 14.0 Å². The molecule has 1 atom stereocenters. The number of rotatable bonds is 4. The van der Waals surface area contributed by atoms with E-state index in [4.69, 9.17) is 16.3 Å². The van der Waals surface area contributed by atoms with Gasteiger partial charge in [0.15, 0.2) is 6.10 Å². The van der Waals surface area contributed by atoms with Gasteiger partial charge in [-0.2, -0.15) is 0 Å². The van der Waals surface area contributed by atoms with Crippen molar-refractivity contribution in [1.82, 2.24) is 0 Å². The van der Waals surface area contributed by atoms with Crippen molar-refractivity contribution in [2.24, 2.45) is 0 Å². The van der Waals surface area contributed by atoms with Crippen LogP contribution in [0.4, 0.5) is 10.1 Å². The number of nitrogens with one attached hydrogen (secondary N) is 1. The predicted octanol–water partition coefficient (Wildman–Crippen LogP) is 3.66. The first kappa shape index (κ1) is 16.0. The fourth-order valence-corrected chi connectivity index (χ4v) is 1.90. The Bertz CT molecular complexity index is 691. The molecule has 2 aromatic carbocycles. The van der Waals surface area contributed by atoms with Crippen molar-refractivity contribution in [1.29, 1.82) is 0 Å². The molecule has 0 fully saturated rings. The lowest BCUT2D eigenvalue weighted by Gasteiger charge is -2.14. The number of anilines is 1. The summed E-state index contributed by atoms with van der Waals surface area (Å²) in [5.74, 6) is -1.67. The highest BCUT2D eigenvalue weighted by Crippen LogP contribution is 2.22. The highest BCUT2D eigenvalue weighted by atomic mass is 35.5. The van der Waals surface area contributed by atoms with Crippen molar-refractivity contribution in [3.63, 3.8) is 0 Å². The van der Waals surface area contributed by atoms with E-state index in [1.54, 1.807) is 30.3 Å². The van der Waals surface area contributed by atoms with Gasteiger partial charge in [-0.3, -0.25) is 4.79 Å². The summed E-state index contributed by atoms with van der Waals surface area (Å²) in [5, 5.41) is 2.54. The normalized spacial score (nSPS) is 11.6. The van der Waals surface area contributed by atoms with Crippen molar-refractivity contribution in [2.75, 3.05) is 5.32 Å². The smallest absolute Gasteiger partial charge is 0.338 e. The van der Waals surface area contributed by atoms with E-state index >= 15 is 0 Å². The molecular weight excluding hydrogens is 309 g/mol. The summed E-state index contributed by atoms with van der Waals surface area (Å²) in [6.45, 7) is 1.44. The van der Waals surface area contributed by atoms with Crippen LogP contribution >= 0.6 is 11.6 Å². The number of hydrogen-bond acceptors (Lipinski definition) is 3. The minimum Gasteiger partial charge on any atom is -0.449 e. The molecule has 6 heteroatoms. The molecule has 1 amide bonds. The molecule has 0 saturated carbocycles. The molecular formula is C16H13ClFNO3.